The van der Waals surface area contributed by atoms with Crippen molar-refractivity contribution in [2.24, 2.45) is 0 Å². The van der Waals surface area contributed by atoms with E-state index < -0.39 is 0 Å². The van der Waals surface area contributed by atoms with E-state index in [1.807, 2.05) is 55.6 Å². The molecule has 0 fully saturated rings. The molecule has 5 rings (SSSR count). The van der Waals surface area contributed by atoms with Crippen molar-refractivity contribution in [2.75, 3.05) is 0 Å². The van der Waals surface area contributed by atoms with Crippen LogP contribution >= 0.6 is 22.9 Å². The van der Waals surface area contributed by atoms with Crippen LogP contribution in [0.1, 0.15) is 5.56 Å². The minimum Gasteiger partial charge on any atom is -0.216 e. The molecule has 0 saturated heterocycles. The van der Waals surface area contributed by atoms with Crippen LogP contribution in [-0.2, 0) is 0 Å². The molecule has 0 radical (unpaired) electrons. The van der Waals surface area contributed by atoms with Gasteiger partial charge in [0.2, 0.25) is 4.96 Å². The Morgan fingerprint density at radius 3 is 2.65 bits per heavy atom. The molecule has 0 unspecified atom stereocenters. The predicted molar refractivity (Wildman–Crippen MR) is 105 cm³/mol. The molecule has 5 nitrogen and oxygen atoms in total. The maximum Gasteiger partial charge on any atom is 0.213 e. The molecule has 2 aromatic carbocycles. The summed E-state index contributed by atoms with van der Waals surface area (Å²) >= 11 is 7.77. The van der Waals surface area contributed by atoms with E-state index in [9.17, 15) is 0 Å². The number of nitrogens with zero attached hydrogens (tertiary/aromatic N) is 5. The highest BCUT2D eigenvalue weighted by atomic mass is 35.5. The third-order valence-corrected chi connectivity index (χ3v) is 5.60. The van der Waals surface area contributed by atoms with Crippen LogP contribution in [0.3, 0.4) is 0 Å². The van der Waals surface area contributed by atoms with Crippen LogP contribution in [0.5, 0.6) is 0 Å². The molecule has 0 aliphatic heterocycles. The number of hydrogen-bond acceptors (Lipinski definition) is 5. The van der Waals surface area contributed by atoms with Crippen LogP contribution in [0.2, 0.25) is 5.02 Å². The Morgan fingerprint density at radius 2 is 1.81 bits per heavy atom. The second-order valence-corrected chi connectivity index (χ2v) is 7.29. The van der Waals surface area contributed by atoms with Gasteiger partial charge in [0, 0.05) is 10.9 Å². The van der Waals surface area contributed by atoms with Gasteiger partial charge in [-0.2, -0.15) is 5.10 Å². The zero-order valence-corrected chi connectivity index (χ0v) is 15.3. The Hall–Kier alpha value is -2.83. The lowest BCUT2D eigenvalue weighted by molar-refractivity contribution is 0.977. The number of halogens is 1. The van der Waals surface area contributed by atoms with Crippen molar-refractivity contribution in [3.63, 3.8) is 0 Å². The van der Waals surface area contributed by atoms with Gasteiger partial charge in [0.05, 0.1) is 16.7 Å². The zero-order chi connectivity index (χ0) is 17.7. The van der Waals surface area contributed by atoms with Gasteiger partial charge in [-0.15, -0.1) is 10.2 Å². The molecule has 0 spiro atoms. The fourth-order valence-corrected chi connectivity index (χ4v) is 4.19. The van der Waals surface area contributed by atoms with E-state index in [0.717, 1.165) is 43.4 Å². The van der Waals surface area contributed by atoms with E-state index in [-0.39, 0.29) is 0 Å². The molecular formula is C19H12ClN5S. The molecule has 0 N–H and O–H groups in total. The van der Waals surface area contributed by atoms with Gasteiger partial charge in [-0.1, -0.05) is 59.3 Å². The lowest BCUT2D eigenvalue weighted by Crippen LogP contribution is -1.94. The van der Waals surface area contributed by atoms with Gasteiger partial charge in [0.1, 0.15) is 16.4 Å². The smallest absolute Gasteiger partial charge is 0.213 e. The Labute approximate surface area is 157 Å². The fourth-order valence-electron chi connectivity index (χ4n) is 2.99. The van der Waals surface area contributed by atoms with Gasteiger partial charge in [0.25, 0.3) is 0 Å². The van der Waals surface area contributed by atoms with Crippen LogP contribution in [0, 0.1) is 6.92 Å². The third kappa shape index (κ3) is 2.38. The summed E-state index contributed by atoms with van der Waals surface area (Å²) in [6.07, 6.45) is 1.89. The highest BCUT2D eigenvalue weighted by molar-refractivity contribution is 7.19. The van der Waals surface area contributed by atoms with Crippen molar-refractivity contribution in [1.29, 1.82) is 0 Å². The topological polar surface area (TPSA) is 56.0 Å². The van der Waals surface area contributed by atoms with E-state index in [1.54, 1.807) is 4.52 Å². The Morgan fingerprint density at radius 1 is 1.00 bits per heavy atom. The number of imidazole rings is 1. The van der Waals surface area contributed by atoms with Gasteiger partial charge in [0.15, 0.2) is 0 Å². The first kappa shape index (κ1) is 15.4. The van der Waals surface area contributed by atoms with Crippen molar-refractivity contribution in [3.05, 3.63) is 65.3 Å². The molecule has 0 bridgehead atoms. The van der Waals surface area contributed by atoms with E-state index in [2.05, 4.69) is 21.4 Å². The summed E-state index contributed by atoms with van der Waals surface area (Å²) in [4.78, 5) is 5.50. The summed E-state index contributed by atoms with van der Waals surface area (Å²) in [7, 11) is 0. The minimum atomic E-state index is 0.681. The zero-order valence-electron chi connectivity index (χ0n) is 13.7. The van der Waals surface area contributed by atoms with Gasteiger partial charge < -0.3 is 0 Å². The Balaban J connectivity index is 1.62. The molecule has 126 valence electrons. The summed E-state index contributed by atoms with van der Waals surface area (Å²) in [5.41, 5.74) is 4.40. The molecule has 0 atom stereocenters. The molecule has 5 aromatic rings. The molecule has 26 heavy (non-hydrogen) atoms. The number of aromatic nitrogens is 5. The van der Waals surface area contributed by atoms with Crippen molar-refractivity contribution in [3.8, 4) is 22.0 Å². The van der Waals surface area contributed by atoms with E-state index in [0.29, 0.717) is 5.02 Å². The van der Waals surface area contributed by atoms with Crippen molar-refractivity contribution < 1.29 is 0 Å². The molecule has 7 heteroatoms. The first-order valence-corrected chi connectivity index (χ1v) is 9.23. The van der Waals surface area contributed by atoms with Gasteiger partial charge in [-0.05, 0) is 24.6 Å². The van der Waals surface area contributed by atoms with E-state index in [1.165, 1.54) is 11.3 Å². The molecule has 0 aliphatic carbocycles. The SMILES string of the molecule is Cc1c(-c2cn3nc(-c4ccccc4Cl)sc3n2)nnc2ccccc12. The third-order valence-electron chi connectivity index (χ3n) is 4.31. The van der Waals surface area contributed by atoms with Crippen molar-refractivity contribution in [1.82, 2.24) is 24.8 Å². The molecule has 0 aliphatic rings. The summed E-state index contributed by atoms with van der Waals surface area (Å²) in [5, 5.41) is 15.9. The second-order valence-electron chi connectivity index (χ2n) is 5.93. The minimum absolute atomic E-state index is 0.681. The fraction of sp³-hybridized carbons (Fsp3) is 0.0526. The maximum atomic E-state index is 6.28. The van der Waals surface area contributed by atoms with Gasteiger partial charge in [-0.3, -0.25) is 0 Å². The second kappa shape index (κ2) is 5.86. The molecule has 3 aromatic heterocycles. The average molecular weight is 378 g/mol. The highest BCUT2D eigenvalue weighted by Crippen LogP contribution is 2.33. The number of benzene rings is 2. The van der Waals surface area contributed by atoms with E-state index in [4.69, 9.17) is 16.6 Å². The monoisotopic (exact) mass is 377 g/mol. The highest BCUT2D eigenvalue weighted by Gasteiger charge is 2.16. The summed E-state index contributed by atoms with van der Waals surface area (Å²) in [6.45, 7) is 2.04. The molecular weight excluding hydrogens is 366 g/mol. The van der Waals surface area contributed by atoms with Crippen LogP contribution in [0.4, 0.5) is 0 Å². The number of hydrogen-bond donors (Lipinski definition) is 0. The predicted octanol–water partition coefficient (Wildman–Crippen LogP) is 5.03. The molecule has 3 heterocycles. The Bertz CT molecular complexity index is 1240. The van der Waals surface area contributed by atoms with Gasteiger partial charge >= 0.3 is 0 Å². The lowest BCUT2D eigenvalue weighted by atomic mass is 10.1. The summed E-state index contributed by atoms with van der Waals surface area (Å²) < 4.78 is 1.77. The normalized spacial score (nSPS) is 11.5. The summed E-state index contributed by atoms with van der Waals surface area (Å²) in [6, 6.07) is 15.7. The lowest BCUT2D eigenvalue weighted by Gasteiger charge is -2.04. The largest absolute Gasteiger partial charge is 0.216 e. The summed E-state index contributed by atoms with van der Waals surface area (Å²) in [5.74, 6) is 0. The van der Waals surface area contributed by atoms with Crippen LogP contribution in [0.15, 0.2) is 54.7 Å². The quantitative estimate of drug-likeness (QED) is 0.433. The van der Waals surface area contributed by atoms with Crippen molar-refractivity contribution in [2.45, 2.75) is 6.92 Å². The first-order valence-electron chi connectivity index (χ1n) is 8.04. The first-order chi connectivity index (χ1) is 12.7. The molecule has 0 amide bonds. The number of fused-ring (bicyclic) bond motifs is 2. The van der Waals surface area contributed by atoms with Crippen molar-refractivity contribution >= 4 is 38.8 Å². The number of rotatable bonds is 2. The average Bonchev–Trinajstić information content (AvgIpc) is 3.21. The van der Waals surface area contributed by atoms with Gasteiger partial charge in [-0.25, -0.2) is 9.50 Å². The van der Waals surface area contributed by atoms with Crippen LogP contribution in [0.25, 0.3) is 37.8 Å². The number of aryl methyl sites for hydroxylation is 1. The Kier molecular flexibility index (Phi) is 3.48. The van der Waals surface area contributed by atoms with Crippen LogP contribution in [-0.4, -0.2) is 24.8 Å². The van der Waals surface area contributed by atoms with E-state index >= 15 is 0 Å². The maximum absolute atomic E-state index is 6.28. The van der Waals surface area contributed by atoms with Crippen LogP contribution < -0.4 is 0 Å². The standard InChI is InChI=1S/C19H12ClN5S/c1-11-12-6-3-5-9-15(12)22-23-17(11)16-10-25-19(21-16)26-18(24-25)13-7-2-4-8-14(13)20/h2-10H,1H3. The molecule has 0 saturated carbocycles.